The summed E-state index contributed by atoms with van der Waals surface area (Å²) < 4.78 is 33.1. The van der Waals surface area contributed by atoms with Crippen LogP contribution < -0.4 is 14.8 Å². The predicted octanol–water partition coefficient (Wildman–Crippen LogP) is 2.75. The fourth-order valence-electron chi connectivity index (χ4n) is 2.64. The molecule has 0 radical (unpaired) electrons. The van der Waals surface area contributed by atoms with Gasteiger partial charge in [-0.25, -0.2) is 8.42 Å². The first-order valence-corrected chi connectivity index (χ1v) is 9.99. The number of benzene rings is 2. The van der Waals surface area contributed by atoms with E-state index in [0.29, 0.717) is 0 Å². The molecule has 148 valence electrons. The Balaban J connectivity index is 1.86. The van der Waals surface area contributed by atoms with Gasteiger partial charge >= 0.3 is 0 Å². The Hall–Kier alpha value is -2.85. The van der Waals surface area contributed by atoms with E-state index in [1.54, 1.807) is 12.1 Å². The Morgan fingerprint density at radius 2 is 2.00 bits per heavy atom. The van der Waals surface area contributed by atoms with E-state index in [9.17, 15) is 23.3 Å². The molecule has 11 heteroatoms. The van der Waals surface area contributed by atoms with Crippen molar-refractivity contribution in [3.05, 3.63) is 57.6 Å². The zero-order valence-corrected chi connectivity index (χ0v) is 16.2. The number of carbonyl (C=O) groups excluding carboxylic acids is 1. The van der Waals surface area contributed by atoms with Gasteiger partial charge in [-0.05, 0) is 30.3 Å². The molecule has 2 aromatic rings. The van der Waals surface area contributed by atoms with E-state index in [1.807, 2.05) is 0 Å². The third-order valence-corrected chi connectivity index (χ3v) is 5.92. The summed E-state index contributed by atoms with van der Waals surface area (Å²) in [5, 5.41) is 13.4. The van der Waals surface area contributed by atoms with E-state index in [0.717, 1.165) is 0 Å². The number of nitrogens with one attached hydrogen (secondary N) is 2. The van der Waals surface area contributed by atoms with Crippen molar-refractivity contribution in [3.63, 3.8) is 0 Å². The smallest absolute Gasteiger partial charge is 0.265 e. The molecule has 1 fully saturated rings. The average Bonchev–Trinajstić information content (AvgIpc) is 3.45. The lowest BCUT2D eigenvalue weighted by molar-refractivity contribution is -0.497. The lowest BCUT2D eigenvalue weighted by Gasteiger charge is -2.14. The molecule has 1 amide bonds. The van der Waals surface area contributed by atoms with Gasteiger partial charge in [0.15, 0.2) is 0 Å². The summed E-state index contributed by atoms with van der Waals surface area (Å²) in [7, 11) is -2.77. The molecular formula is C17H16ClN3O6S. The van der Waals surface area contributed by atoms with Crippen molar-refractivity contribution < 1.29 is 22.9 Å². The van der Waals surface area contributed by atoms with Crippen LogP contribution in [0.15, 0.2) is 47.4 Å². The van der Waals surface area contributed by atoms with Crippen LogP contribution in [-0.2, 0) is 14.8 Å². The molecule has 28 heavy (non-hydrogen) atoms. The molecule has 1 aliphatic rings. The van der Waals surface area contributed by atoms with E-state index in [2.05, 4.69) is 10.0 Å². The first-order valence-electron chi connectivity index (χ1n) is 8.12. The highest BCUT2D eigenvalue weighted by Gasteiger charge is 2.53. The van der Waals surface area contributed by atoms with E-state index in [1.165, 1.54) is 37.4 Å². The second-order valence-electron chi connectivity index (χ2n) is 6.14. The zero-order valence-electron chi connectivity index (χ0n) is 14.6. The second-order valence-corrected chi connectivity index (χ2v) is 8.19. The van der Waals surface area contributed by atoms with Gasteiger partial charge < -0.3 is 10.1 Å². The molecule has 2 N–H and O–H groups in total. The van der Waals surface area contributed by atoms with Crippen molar-refractivity contribution in [2.75, 3.05) is 17.1 Å². The molecule has 0 unspecified atom stereocenters. The van der Waals surface area contributed by atoms with Gasteiger partial charge in [-0.15, -0.1) is 0 Å². The number of anilines is 2. The molecule has 0 heterocycles. The predicted molar refractivity (Wildman–Crippen MR) is 103 cm³/mol. The van der Waals surface area contributed by atoms with Crippen molar-refractivity contribution in [3.8, 4) is 5.75 Å². The number of ether oxygens (including phenoxy) is 1. The van der Waals surface area contributed by atoms with Gasteiger partial charge in [0.25, 0.3) is 10.0 Å². The molecule has 0 saturated heterocycles. The third-order valence-electron chi connectivity index (χ3n) is 4.20. The molecule has 0 aliphatic heterocycles. The molecule has 2 atom stereocenters. The number of rotatable bonds is 7. The number of carbonyl (C=O) groups is 1. The summed E-state index contributed by atoms with van der Waals surface area (Å²) in [4.78, 5) is 22.1. The quantitative estimate of drug-likeness (QED) is 0.518. The van der Waals surface area contributed by atoms with Gasteiger partial charge in [0.05, 0.1) is 17.8 Å². The van der Waals surface area contributed by atoms with Crippen LogP contribution in [0.3, 0.4) is 0 Å². The SMILES string of the molecule is COc1ccc(NC(=O)[C@H]2C[C@@H]2[N+](=O)[O-])cc1S(=O)(=O)Nc1ccccc1Cl. The number of hydrogen-bond acceptors (Lipinski definition) is 6. The Labute approximate surface area is 165 Å². The van der Waals surface area contributed by atoms with Gasteiger partial charge in [-0.1, -0.05) is 23.7 Å². The van der Waals surface area contributed by atoms with E-state index >= 15 is 0 Å². The van der Waals surface area contributed by atoms with Crippen LogP contribution in [0.2, 0.25) is 5.02 Å². The summed E-state index contributed by atoms with van der Waals surface area (Å²) in [6.45, 7) is 0. The average molecular weight is 426 g/mol. The van der Waals surface area contributed by atoms with Crippen LogP contribution in [0.25, 0.3) is 0 Å². The van der Waals surface area contributed by atoms with E-state index in [4.69, 9.17) is 16.3 Å². The number of halogens is 1. The van der Waals surface area contributed by atoms with Gasteiger partial charge in [0.2, 0.25) is 11.9 Å². The van der Waals surface area contributed by atoms with Gasteiger partial charge in [0, 0.05) is 17.0 Å². The van der Waals surface area contributed by atoms with Crippen LogP contribution in [0.1, 0.15) is 6.42 Å². The van der Waals surface area contributed by atoms with Gasteiger partial charge in [0.1, 0.15) is 16.6 Å². The molecule has 0 spiro atoms. The molecule has 1 saturated carbocycles. The number of nitrogens with zero attached hydrogens (tertiary/aromatic N) is 1. The summed E-state index contributed by atoms with van der Waals surface area (Å²) in [6, 6.07) is 9.48. The normalized spacial score (nSPS) is 18.2. The zero-order chi connectivity index (χ0) is 20.5. The minimum atomic E-state index is -4.08. The summed E-state index contributed by atoms with van der Waals surface area (Å²) in [5.74, 6) is -1.19. The molecule has 3 rings (SSSR count). The summed E-state index contributed by atoms with van der Waals surface area (Å²) >= 11 is 6.00. The number of nitro groups is 1. The maximum absolute atomic E-state index is 12.8. The number of para-hydroxylation sites is 1. The highest BCUT2D eigenvalue weighted by atomic mass is 35.5. The Kier molecular flexibility index (Phi) is 5.43. The molecular weight excluding hydrogens is 410 g/mol. The highest BCUT2D eigenvalue weighted by molar-refractivity contribution is 7.92. The number of sulfonamides is 1. The first kappa shape index (κ1) is 19.9. The fourth-order valence-corrected chi connectivity index (χ4v) is 4.15. The molecule has 0 aromatic heterocycles. The van der Waals surface area contributed by atoms with Crippen molar-refractivity contribution in [1.29, 1.82) is 0 Å². The molecule has 2 aromatic carbocycles. The highest BCUT2D eigenvalue weighted by Crippen LogP contribution is 2.35. The maximum atomic E-state index is 12.8. The van der Waals surface area contributed by atoms with E-state index < -0.39 is 32.8 Å². The minimum absolute atomic E-state index is 0.0622. The van der Waals surface area contributed by atoms with Crippen LogP contribution in [0.4, 0.5) is 11.4 Å². The lowest BCUT2D eigenvalue weighted by Crippen LogP contribution is -2.19. The topological polar surface area (TPSA) is 128 Å². The summed E-state index contributed by atoms with van der Waals surface area (Å²) in [5.41, 5.74) is 0.367. The fraction of sp³-hybridized carbons (Fsp3) is 0.235. The Morgan fingerprint density at radius 1 is 1.29 bits per heavy atom. The molecule has 0 bridgehead atoms. The van der Waals surface area contributed by atoms with Crippen molar-refractivity contribution in [2.45, 2.75) is 17.4 Å². The van der Waals surface area contributed by atoms with Crippen molar-refractivity contribution >= 4 is 38.9 Å². The van der Waals surface area contributed by atoms with Crippen molar-refractivity contribution in [2.24, 2.45) is 5.92 Å². The Bertz CT molecular complexity index is 1040. The number of hydrogen-bond donors (Lipinski definition) is 2. The van der Waals surface area contributed by atoms with Crippen LogP contribution in [0, 0.1) is 16.0 Å². The second kappa shape index (κ2) is 7.64. The first-order chi connectivity index (χ1) is 13.2. The number of amides is 1. The molecule has 9 nitrogen and oxygen atoms in total. The van der Waals surface area contributed by atoms with Crippen LogP contribution >= 0.6 is 11.6 Å². The van der Waals surface area contributed by atoms with Crippen LogP contribution in [-0.4, -0.2) is 32.4 Å². The minimum Gasteiger partial charge on any atom is -0.495 e. The lowest BCUT2D eigenvalue weighted by atomic mass is 10.3. The third kappa shape index (κ3) is 4.18. The maximum Gasteiger partial charge on any atom is 0.265 e. The van der Waals surface area contributed by atoms with Gasteiger partial charge in [-0.3, -0.25) is 19.6 Å². The Morgan fingerprint density at radius 3 is 2.61 bits per heavy atom. The summed E-state index contributed by atoms with van der Waals surface area (Å²) in [6.07, 6.45) is 0.161. The monoisotopic (exact) mass is 425 g/mol. The van der Waals surface area contributed by atoms with E-state index in [-0.39, 0.29) is 33.5 Å². The van der Waals surface area contributed by atoms with Gasteiger partial charge in [-0.2, -0.15) is 0 Å². The van der Waals surface area contributed by atoms with Crippen molar-refractivity contribution in [1.82, 2.24) is 0 Å². The number of methoxy groups -OCH3 is 1. The molecule has 1 aliphatic carbocycles. The standard InChI is InChI=1S/C17H16ClN3O6S/c1-27-15-7-6-10(19-17(22)11-9-14(11)21(23)24)8-16(15)28(25,26)20-13-5-3-2-4-12(13)18/h2-8,11,14,20H,9H2,1H3,(H,19,22)/t11-,14-/m0/s1. The largest absolute Gasteiger partial charge is 0.495 e. The van der Waals surface area contributed by atoms with Crippen LogP contribution in [0.5, 0.6) is 5.75 Å².